The van der Waals surface area contributed by atoms with Gasteiger partial charge < -0.3 is 5.32 Å². The quantitative estimate of drug-likeness (QED) is 0.708. The standard InChI is InChI=1S/C17H20ClFN4O2S2/c18-23(16-20-7-10-26-16)27(24,25)15-4-3-13(11-14(15)19)21-12-17-5-1-8-22(17)9-2-6-17/h3-4,7,10-11,21H,1-2,5-6,8-9,12H2. The van der Waals surface area contributed by atoms with Crippen LogP contribution in [0.1, 0.15) is 25.7 Å². The van der Waals surface area contributed by atoms with E-state index in [1.165, 1.54) is 31.2 Å². The SMILES string of the molecule is O=S(=O)(c1ccc(NCC23CCCN2CCC3)cc1F)N(Cl)c1nccs1. The van der Waals surface area contributed by atoms with Gasteiger partial charge >= 0.3 is 0 Å². The lowest BCUT2D eigenvalue weighted by molar-refractivity contribution is 0.209. The molecular weight excluding hydrogens is 411 g/mol. The Bertz CT molecular complexity index is 913. The van der Waals surface area contributed by atoms with E-state index in [9.17, 15) is 12.8 Å². The van der Waals surface area contributed by atoms with E-state index < -0.39 is 20.7 Å². The van der Waals surface area contributed by atoms with Crippen LogP contribution >= 0.6 is 23.1 Å². The Morgan fingerprint density at radius 3 is 2.70 bits per heavy atom. The van der Waals surface area contributed by atoms with Crippen molar-refractivity contribution in [3.8, 4) is 0 Å². The van der Waals surface area contributed by atoms with Crippen LogP contribution in [0.15, 0.2) is 34.7 Å². The Morgan fingerprint density at radius 2 is 2.07 bits per heavy atom. The number of hydrogen-bond acceptors (Lipinski definition) is 6. The number of aromatic nitrogens is 1. The number of hydrogen-bond donors (Lipinski definition) is 1. The second kappa shape index (κ2) is 7.20. The van der Waals surface area contributed by atoms with Gasteiger partial charge in [0.2, 0.25) is 5.13 Å². The number of nitrogens with one attached hydrogen (secondary N) is 1. The van der Waals surface area contributed by atoms with Gasteiger partial charge in [-0.15, -0.1) is 15.2 Å². The van der Waals surface area contributed by atoms with Gasteiger partial charge in [0.05, 0.1) is 0 Å². The van der Waals surface area contributed by atoms with Gasteiger partial charge in [-0.2, -0.15) is 8.42 Å². The topological polar surface area (TPSA) is 65.5 Å². The van der Waals surface area contributed by atoms with Crippen molar-refractivity contribution in [1.82, 2.24) is 9.88 Å². The first-order valence-electron chi connectivity index (χ1n) is 8.81. The van der Waals surface area contributed by atoms with E-state index in [1.54, 1.807) is 11.4 Å². The van der Waals surface area contributed by atoms with Crippen LogP contribution in [0.2, 0.25) is 0 Å². The number of nitrogens with zero attached hydrogens (tertiary/aromatic N) is 3. The highest BCUT2D eigenvalue weighted by Gasteiger charge is 2.43. The highest BCUT2D eigenvalue weighted by Crippen LogP contribution is 2.39. The lowest BCUT2D eigenvalue weighted by Gasteiger charge is -2.32. The largest absolute Gasteiger partial charge is 0.383 e. The van der Waals surface area contributed by atoms with Gasteiger partial charge in [0.25, 0.3) is 10.0 Å². The number of anilines is 2. The summed E-state index contributed by atoms with van der Waals surface area (Å²) in [5, 5.41) is 4.96. The summed E-state index contributed by atoms with van der Waals surface area (Å²) in [4.78, 5) is 5.89. The van der Waals surface area contributed by atoms with E-state index in [2.05, 4.69) is 15.2 Å². The van der Waals surface area contributed by atoms with Gasteiger partial charge in [-0.3, -0.25) is 4.90 Å². The number of thiazole rings is 1. The predicted molar refractivity (Wildman–Crippen MR) is 105 cm³/mol. The van der Waals surface area contributed by atoms with Crippen LogP contribution < -0.4 is 9.14 Å². The number of sulfonamides is 1. The first-order chi connectivity index (χ1) is 12.9. The van der Waals surface area contributed by atoms with Crippen molar-refractivity contribution in [3.05, 3.63) is 35.6 Å². The molecular formula is C17H20ClFN4O2S2. The minimum atomic E-state index is -4.22. The summed E-state index contributed by atoms with van der Waals surface area (Å²) >= 11 is 6.95. The van der Waals surface area contributed by atoms with E-state index in [0.29, 0.717) is 9.51 Å². The maximum Gasteiger partial charge on any atom is 0.283 e. The molecule has 2 aliphatic rings. The summed E-state index contributed by atoms with van der Waals surface area (Å²) in [7, 11) is -4.22. The minimum Gasteiger partial charge on any atom is -0.383 e. The van der Waals surface area contributed by atoms with Gasteiger partial charge in [0.15, 0.2) is 0 Å². The average molecular weight is 431 g/mol. The molecule has 0 aliphatic carbocycles. The number of rotatable bonds is 6. The molecule has 6 nitrogen and oxygen atoms in total. The molecule has 1 N–H and O–H groups in total. The zero-order chi connectivity index (χ0) is 19.1. The maximum absolute atomic E-state index is 14.6. The molecule has 0 saturated carbocycles. The molecule has 27 heavy (non-hydrogen) atoms. The molecule has 10 heteroatoms. The second-order valence-electron chi connectivity index (χ2n) is 6.95. The molecule has 1 aromatic carbocycles. The number of benzene rings is 1. The monoisotopic (exact) mass is 430 g/mol. The van der Waals surface area contributed by atoms with E-state index in [4.69, 9.17) is 11.8 Å². The number of fused-ring (bicyclic) bond motifs is 1. The van der Waals surface area contributed by atoms with Crippen LogP contribution in [-0.2, 0) is 10.0 Å². The van der Waals surface area contributed by atoms with Crippen molar-refractivity contribution >= 4 is 44.0 Å². The van der Waals surface area contributed by atoms with Gasteiger partial charge in [0.1, 0.15) is 10.7 Å². The normalized spacial score (nSPS) is 19.2. The van der Waals surface area contributed by atoms with E-state index in [1.807, 2.05) is 0 Å². The summed E-state index contributed by atoms with van der Waals surface area (Å²) in [5.41, 5.74) is 0.717. The molecule has 2 aliphatic heterocycles. The van der Waals surface area contributed by atoms with Crippen molar-refractivity contribution in [3.63, 3.8) is 0 Å². The lowest BCUT2D eigenvalue weighted by atomic mass is 9.94. The van der Waals surface area contributed by atoms with Crippen LogP contribution in [0.3, 0.4) is 0 Å². The Morgan fingerprint density at radius 1 is 1.33 bits per heavy atom. The fourth-order valence-corrected chi connectivity index (χ4v) is 6.32. The van der Waals surface area contributed by atoms with Crippen LogP contribution in [0.4, 0.5) is 15.2 Å². The zero-order valence-corrected chi connectivity index (χ0v) is 17.0. The first kappa shape index (κ1) is 18.9. The first-order valence-corrected chi connectivity index (χ1v) is 11.5. The van der Waals surface area contributed by atoms with Crippen LogP contribution in [0.25, 0.3) is 0 Å². The molecule has 1 aromatic heterocycles. The van der Waals surface area contributed by atoms with Gasteiger partial charge in [-0.05, 0) is 57.0 Å². The summed E-state index contributed by atoms with van der Waals surface area (Å²) in [6, 6.07) is 4.03. The molecule has 3 heterocycles. The summed E-state index contributed by atoms with van der Waals surface area (Å²) in [5.74, 6) is -0.839. The van der Waals surface area contributed by atoms with E-state index in [-0.39, 0.29) is 10.7 Å². The van der Waals surface area contributed by atoms with Gasteiger partial charge in [0, 0.05) is 41.1 Å². The third kappa shape index (κ3) is 3.41. The average Bonchev–Trinajstić information content (AvgIpc) is 3.36. The van der Waals surface area contributed by atoms with Crippen molar-refractivity contribution in [2.24, 2.45) is 0 Å². The Balaban J connectivity index is 1.51. The van der Waals surface area contributed by atoms with E-state index in [0.717, 1.165) is 43.8 Å². The maximum atomic E-state index is 14.6. The molecule has 0 amide bonds. The Hall–Kier alpha value is -1.42. The molecule has 4 rings (SSSR count). The molecule has 0 unspecified atom stereocenters. The van der Waals surface area contributed by atoms with Crippen LogP contribution in [-0.4, -0.2) is 43.5 Å². The molecule has 2 saturated heterocycles. The van der Waals surface area contributed by atoms with Crippen molar-refractivity contribution in [1.29, 1.82) is 0 Å². The molecule has 2 aromatic rings. The van der Waals surface area contributed by atoms with Crippen molar-refractivity contribution in [2.75, 3.05) is 28.8 Å². The fraction of sp³-hybridized carbons (Fsp3) is 0.471. The third-order valence-electron chi connectivity index (χ3n) is 5.42. The smallest absolute Gasteiger partial charge is 0.283 e. The molecule has 0 spiro atoms. The lowest BCUT2D eigenvalue weighted by Crippen LogP contribution is -2.44. The Labute approximate surface area is 167 Å². The molecule has 2 fully saturated rings. The summed E-state index contributed by atoms with van der Waals surface area (Å²) in [6.45, 7) is 2.98. The van der Waals surface area contributed by atoms with E-state index >= 15 is 0 Å². The minimum absolute atomic E-state index is 0.0694. The van der Waals surface area contributed by atoms with Crippen molar-refractivity contribution < 1.29 is 12.8 Å². The molecule has 0 radical (unpaired) electrons. The summed E-state index contributed by atoms with van der Waals surface area (Å²) < 4.78 is 40.2. The second-order valence-corrected chi connectivity index (χ2v) is 10.1. The highest BCUT2D eigenvalue weighted by molar-refractivity contribution is 7.94. The predicted octanol–water partition coefficient (Wildman–Crippen LogP) is 3.67. The van der Waals surface area contributed by atoms with Gasteiger partial charge in [-0.1, -0.05) is 0 Å². The molecule has 0 bridgehead atoms. The Kier molecular flexibility index (Phi) is 5.04. The zero-order valence-electron chi connectivity index (χ0n) is 14.6. The fourth-order valence-electron chi connectivity index (χ4n) is 4.09. The van der Waals surface area contributed by atoms with Crippen molar-refractivity contribution in [2.45, 2.75) is 36.1 Å². The third-order valence-corrected chi connectivity index (χ3v) is 8.58. The van der Waals surface area contributed by atoms with Gasteiger partial charge in [-0.25, -0.2) is 9.37 Å². The van der Waals surface area contributed by atoms with Crippen LogP contribution in [0.5, 0.6) is 0 Å². The summed E-state index contributed by atoms with van der Waals surface area (Å²) in [6.07, 6.45) is 6.10. The van der Waals surface area contributed by atoms with Crippen LogP contribution in [0, 0.1) is 5.82 Å². The molecule has 146 valence electrons. The number of halogens is 2. The highest BCUT2D eigenvalue weighted by atomic mass is 35.5. The molecule has 0 atom stereocenters.